The number of hydrogen-bond acceptors (Lipinski definition) is 1. The topological polar surface area (TPSA) is 34.8 Å². The Balaban J connectivity index is 1.80. The SMILES string of the molecule is Cn1cc(/C=C/c2cc[n+](CCN)c3ccccc23)c2ccccc21. The summed E-state index contributed by atoms with van der Waals surface area (Å²) in [5.41, 5.74) is 10.7. The smallest absolute Gasteiger partial charge is 0.213 e. The summed E-state index contributed by atoms with van der Waals surface area (Å²) in [4.78, 5) is 0. The van der Waals surface area contributed by atoms with E-state index in [1.54, 1.807) is 0 Å². The highest BCUT2D eigenvalue weighted by Crippen LogP contribution is 2.23. The van der Waals surface area contributed by atoms with E-state index in [0.29, 0.717) is 6.54 Å². The predicted molar refractivity (Wildman–Crippen MR) is 105 cm³/mol. The number of nitrogens with zero attached hydrogens (tertiary/aromatic N) is 2. The molecular weight excluding hydrogens is 306 g/mol. The zero-order valence-corrected chi connectivity index (χ0v) is 14.4. The zero-order valence-electron chi connectivity index (χ0n) is 14.4. The summed E-state index contributed by atoms with van der Waals surface area (Å²) in [6, 6.07) is 19.2. The number of nitrogens with two attached hydrogens (primary N) is 1. The highest BCUT2D eigenvalue weighted by Gasteiger charge is 2.10. The van der Waals surface area contributed by atoms with Gasteiger partial charge in [0.2, 0.25) is 5.52 Å². The summed E-state index contributed by atoms with van der Waals surface area (Å²) in [6.07, 6.45) is 8.72. The molecule has 2 aromatic carbocycles. The zero-order chi connectivity index (χ0) is 17.2. The third-order valence-electron chi connectivity index (χ3n) is 4.70. The minimum Gasteiger partial charge on any atom is -0.350 e. The van der Waals surface area contributed by atoms with E-state index in [2.05, 4.69) is 95.3 Å². The third-order valence-corrected chi connectivity index (χ3v) is 4.70. The first kappa shape index (κ1) is 15.6. The minimum absolute atomic E-state index is 0.639. The molecule has 4 aromatic rings. The van der Waals surface area contributed by atoms with Crippen molar-refractivity contribution in [2.75, 3.05) is 6.54 Å². The Morgan fingerprint density at radius 1 is 0.920 bits per heavy atom. The number of para-hydroxylation sites is 2. The van der Waals surface area contributed by atoms with Crippen molar-refractivity contribution in [1.82, 2.24) is 4.57 Å². The van der Waals surface area contributed by atoms with E-state index in [4.69, 9.17) is 5.73 Å². The molecule has 0 saturated carbocycles. The summed E-state index contributed by atoms with van der Waals surface area (Å²) < 4.78 is 4.39. The van der Waals surface area contributed by atoms with Crippen LogP contribution in [0.3, 0.4) is 0 Å². The van der Waals surface area contributed by atoms with Crippen molar-refractivity contribution in [3.05, 3.63) is 78.1 Å². The van der Waals surface area contributed by atoms with Crippen molar-refractivity contribution < 1.29 is 4.57 Å². The number of aromatic nitrogens is 2. The fraction of sp³-hybridized carbons (Fsp3) is 0.136. The van der Waals surface area contributed by atoms with E-state index in [-0.39, 0.29) is 0 Å². The van der Waals surface area contributed by atoms with Gasteiger partial charge in [-0.15, -0.1) is 0 Å². The first-order valence-electron chi connectivity index (χ1n) is 8.61. The summed E-state index contributed by atoms with van der Waals surface area (Å²) in [5, 5.41) is 2.52. The Kier molecular flexibility index (Phi) is 4.08. The maximum absolute atomic E-state index is 5.74. The number of pyridine rings is 1. The number of aryl methyl sites for hydroxylation is 1. The summed E-state index contributed by atoms with van der Waals surface area (Å²) in [7, 11) is 2.09. The molecular formula is C22H22N3+. The van der Waals surface area contributed by atoms with Crippen molar-refractivity contribution in [3.8, 4) is 0 Å². The molecule has 2 heterocycles. The maximum Gasteiger partial charge on any atom is 0.213 e. The van der Waals surface area contributed by atoms with Crippen LogP contribution in [0.2, 0.25) is 0 Å². The highest BCUT2D eigenvalue weighted by atomic mass is 15.0. The van der Waals surface area contributed by atoms with Gasteiger partial charge >= 0.3 is 0 Å². The average molecular weight is 328 g/mol. The standard InChI is InChI=1S/C22H22N3/c1-24-16-18(20-7-2-4-8-21(20)24)11-10-17-12-14-25(15-13-23)22-9-5-3-6-19(17)22/h2-12,14,16H,13,15,23H2,1H3/q+1. The first-order valence-corrected chi connectivity index (χ1v) is 8.61. The fourth-order valence-electron chi connectivity index (χ4n) is 3.47. The largest absolute Gasteiger partial charge is 0.350 e. The summed E-state index contributed by atoms with van der Waals surface area (Å²) in [5.74, 6) is 0. The first-order chi connectivity index (χ1) is 12.3. The second kappa shape index (κ2) is 6.54. The van der Waals surface area contributed by atoms with Crippen molar-refractivity contribution in [2.45, 2.75) is 6.54 Å². The predicted octanol–water partition coefficient (Wildman–Crippen LogP) is 3.75. The van der Waals surface area contributed by atoms with Gasteiger partial charge in [-0.25, -0.2) is 0 Å². The second-order valence-electron chi connectivity index (χ2n) is 6.32. The average Bonchev–Trinajstić information content (AvgIpc) is 2.98. The molecule has 124 valence electrons. The van der Waals surface area contributed by atoms with Gasteiger partial charge in [-0.05, 0) is 23.3 Å². The summed E-state index contributed by atoms with van der Waals surface area (Å²) >= 11 is 0. The van der Waals surface area contributed by atoms with Gasteiger partial charge in [0.25, 0.3) is 0 Å². The number of benzene rings is 2. The van der Waals surface area contributed by atoms with Gasteiger partial charge < -0.3 is 10.3 Å². The lowest BCUT2D eigenvalue weighted by molar-refractivity contribution is -0.668. The molecule has 0 aliphatic rings. The van der Waals surface area contributed by atoms with E-state index >= 15 is 0 Å². The monoisotopic (exact) mass is 328 g/mol. The molecule has 3 nitrogen and oxygen atoms in total. The lowest BCUT2D eigenvalue weighted by Gasteiger charge is -2.03. The van der Waals surface area contributed by atoms with Crippen LogP contribution in [0.15, 0.2) is 67.0 Å². The molecule has 0 aliphatic heterocycles. The van der Waals surface area contributed by atoms with Gasteiger partial charge in [0.05, 0.1) is 11.9 Å². The van der Waals surface area contributed by atoms with Crippen LogP contribution < -0.4 is 10.3 Å². The van der Waals surface area contributed by atoms with Gasteiger partial charge in [-0.1, -0.05) is 42.5 Å². The van der Waals surface area contributed by atoms with Crippen molar-refractivity contribution >= 4 is 34.0 Å². The van der Waals surface area contributed by atoms with Crippen LogP contribution in [0.1, 0.15) is 11.1 Å². The van der Waals surface area contributed by atoms with Crippen LogP contribution in [0.4, 0.5) is 0 Å². The van der Waals surface area contributed by atoms with Crippen LogP contribution in [0, 0.1) is 0 Å². The molecule has 2 aromatic heterocycles. The molecule has 25 heavy (non-hydrogen) atoms. The van der Waals surface area contributed by atoms with Gasteiger partial charge in [0.15, 0.2) is 12.7 Å². The van der Waals surface area contributed by atoms with Gasteiger partial charge in [0.1, 0.15) is 0 Å². The molecule has 0 unspecified atom stereocenters. The third kappa shape index (κ3) is 2.83. The lowest BCUT2D eigenvalue weighted by Crippen LogP contribution is -2.37. The fourth-order valence-corrected chi connectivity index (χ4v) is 3.47. The summed E-state index contributed by atoms with van der Waals surface area (Å²) in [6.45, 7) is 1.47. The lowest BCUT2D eigenvalue weighted by atomic mass is 10.1. The van der Waals surface area contributed by atoms with Crippen molar-refractivity contribution in [1.29, 1.82) is 0 Å². The van der Waals surface area contributed by atoms with Crippen molar-refractivity contribution in [3.63, 3.8) is 0 Å². The number of fused-ring (bicyclic) bond motifs is 2. The van der Waals surface area contributed by atoms with Crippen LogP contribution in [-0.2, 0) is 13.6 Å². The number of rotatable bonds is 4. The van der Waals surface area contributed by atoms with Crippen LogP contribution in [-0.4, -0.2) is 11.1 Å². The van der Waals surface area contributed by atoms with Gasteiger partial charge in [0, 0.05) is 36.3 Å². The molecule has 4 rings (SSSR count). The van der Waals surface area contributed by atoms with E-state index in [1.807, 2.05) is 0 Å². The Labute approximate surface area is 147 Å². The van der Waals surface area contributed by atoms with Crippen LogP contribution in [0.5, 0.6) is 0 Å². The molecule has 0 spiro atoms. The Hall–Kier alpha value is -2.91. The van der Waals surface area contributed by atoms with E-state index in [9.17, 15) is 0 Å². The minimum atomic E-state index is 0.639. The molecule has 2 N–H and O–H groups in total. The highest BCUT2D eigenvalue weighted by molar-refractivity contribution is 5.94. The molecule has 0 saturated heterocycles. The molecule has 0 radical (unpaired) electrons. The molecule has 3 heteroatoms. The Morgan fingerprint density at radius 2 is 1.64 bits per heavy atom. The van der Waals surface area contributed by atoms with E-state index < -0.39 is 0 Å². The Bertz CT molecular complexity index is 1070. The maximum atomic E-state index is 5.74. The quantitative estimate of drug-likeness (QED) is 0.569. The van der Waals surface area contributed by atoms with Crippen LogP contribution in [0.25, 0.3) is 34.0 Å². The number of hydrogen-bond donors (Lipinski definition) is 1. The Morgan fingerprint density at radius 3 is 2.48 bits per heavy atom. The van der Waals surface area contributed by atoms with Crippen molar-refractivity contribution in [2.24, 2.45) is 12.8 Å². The molecule has 0 amide bonds. The molecule has 0 aliphatic carbocycles. The van der Waals surface area contributed by atoms with E-state index in [1.165, 1.54) is 32.9 Å². The second-order valence-corrected chi connectivity index (χ2v) is 6.32. The normalized spacial score (nSPS) is 11.8. The molecule has 0 atom stereocenters. The van der Waals surface area contributed by atoms with Gasteiger partial charge in [-0.3, -0.25) is 0 Å². The molecule has 0 bridgehead atoms. The van der Waals surface area contributed by atoms with E-state index in [0.717, 1.165) is 6.54 Å². The van der Waals surface area contributed by atoms with Gasteiger partial charge in [-0.2, -0.15) is 4.57 Å². The van der Waals surface area contributed by atoms with Crippen LogP contribution >= 0.6 is 0 Å². The molecule has 0 fully saturated rings.